The Hall–Kier alpha value is -2.04. The van der Waals surface area contributed by atoms with E-state index < -0.39 is 11.7 Å². The summed E-state index contributed by atoms with van der Waals surface area (Å²) in [5.74, 6) is 0.961. The molecule has 4 aliphatic rings. The molecule has 0 aromatic heterocycles. The van der Waals surface area contributed by atoms with Crippen LogP contribution in [0.25, 0.3) is 0 Å². The second kappa shape index (κ2) is 5.73. The fraction of sp³-hybridized carbons (Fsp3) is 0.478. The zero-order chi connectivity index (χ0) is 18.8. The lowest BCUT2D eigenvalue weighted by Crippen LogP contribution is -2.50. The number of benzene rings is 1. The molecule has 3 aliphatic carbocycles. The number of ketones is 2. The van der Waals surface area contributed by atoms with E-state index in [-0.39, 0.29) is 17.0 Å². The maximum atomic E-state index is 13.1. The number of hydrogen-bond donors (Lipinski definition) is 0. The second-order valence-electron chi connectivity index (χ2n) is 9.03. The Morgan fingerprint density at radius 1 is 1.04 bits per heavy atom. The highest BCUT2D eigenvalue weighted by molar-refractivity contribution is 6.24. The number of hydrogen-bond acceptors (Lipinski definition) is 4. The molecule has 2 atom stereocenters. The highest BCUT2D eigenvalue weighted by Gasteiger charge is 2.53. The molecule has 1 aromatic carbocycles. The van der Waals surface area contributed by atoms with Crippen molar-refractivity contribution >= 4 is 11.6 Å². The summed E-state index contributed by atoms with van der Waals surface area (Å²) in [5.41, 5.74) is 0.799. The predicted octanol–water partition coefficient (Wildman–Crippen LogP) is 3.97. The van der Waals surface area contributed by atoms with Crippen LogP contribution in [0, 0.1) is 22.7 Å². The van der Waals surface area contributed by atoms with Gasteiger partial charge in [-0.15, -0.1) is 0 Å². The Kier molecular flexibility index (Phi) is 3.62. The van der Waals surface area contributed by atoms with Gasteiger partial charge in [0.2, 0.25) is 0 Å². The lowest BCUT2D eigenvalue weighted by molar-refractivity contribution is -0.266. The maximum absolute atomic E-state index is 13.1. The SMILES string of the molecule is CC(C)(C1=CC(=O)c2ccccc2C1=O)C1OCC2(CO1)C[C@@H]1C=C[C@@H]2C1. The quantitative estimate of drug-likeness (QED) is 0.745. The first kappa shape index (κ1) is 17.1. The molecule has 1 saturated heterocycles. The van der Waals surface area contributed by atoms with E-state index in [1.807, 2.05) is 13.8 Å². The molecule has 5 rings (SSSR count). The summed E-state index contributed by atoms with van der Waals surface area (Å²) < 4.78 is 12.4. The molecular formula is C23H24O4. The lowest BCUT2D eigenvalue weighted by Gasteiger charge is -2.46. The molecule has 0 radical (unpaired) electrons. The standard InChI is InChI=1S/C23H24O4/c1-22(2,18-10-19(24)16-5-3-4-6-17(16)20(18)25)21-26-12-23(13-27-21)11-14-7-8-15(23)9-14/h3-8,10,14-15,21H,9,11-13H2,1-2H3/t14-,15-,21?,23?/m1/s1. The maximum Gasteiger partial charge on any atom is 0.190 e. The van der Waals surface area contributed by atoms with Crippen molar-refractivity contribution in [3.05, 3.63) is 59.2 Å². The van der Waals surface area contributed by atoms with Crippen molar-refractivity contribution in [1.29, 1.82) is 0 Å². The first-order chi connectivity index (χ1) is 12.9. The average Bonchev–Trinajstić information content (AvgIpc) is 3.26. The van der Waals surface area contributed by atoms with Gasteiger partial charge >= 0.3 is 0 Å². The van der Waals surface area contributed by atoms with Gasteiger partial charge in [-0.2, -0.15) is 0 Å². The summed E-state index contributed by atoms with van der Waals surface area (Å²) in [6.07, 6.45) is 7.90. The van der Waals surface area contributed by atoms with Crippen LogP contribution >= 0.6 is 0 Å². The van der Waals surface area contributed by atoms with Crippen molar-refractivity contribution in [2.75, 3.05) is 13.2 Å². The molecule has 0 unspecified atom stereocenters. The first-order valence-electron chi connectivity index (χ1n) is 9.72. The highest BCUT2D eigenvalue weighted by atomic mass is 16.7. The molecule has 2 fully saturated rings. The fourth-order valence-corrected chi connectivity index (χ4v) is 5.30. The number of allylic oxidation sites excluding steroid dienone is 3. The average molecular weight is 364 g/mol. The summed E-state index contributed by atoms with van der Waals surface area (Å²) in [6.45, 7) is 5.17. The molecule has 1 aromatic rings. The summed E-state index contributed by atoms with van der Waals surface area (Å²) in [4.78, 5) is 25.6. The zero-order valence-electron chi connectivity index (χ0n) is 15.7. The van der Waals surface area contributed by atoms with Gasteiger partial charge in [-0.3, -0.25) is 9.59 Å². The van der Waals surface area contributed by atoms with Crippen molar-refractivity contribution < 1.29 is 19.1 Å². The second-order valence-corrected chi connectivity index (χ2v) is 9.03. The first-order valence-corrected chi connectivity index (χ1v) is 9.72. The van der Waals surface area contributed by atoms with Gasteiger partial charge in [0.05, 0.1) is 13.2 Å². The number of ether oxygens (including phenoxy) is 2. The van der Waals surface area contributed by atoms with E-state index in [9.17, 15) is 9.59 Å². The van der Waals surface area contributed by atoms with Crippen molar-refractivity contribution in [3.8, 4) is 0 Å². The molecule has 1 spiro atoms. The molecule has 0 N–H and O–H groups in total. The number of fused-ring (bicyclic) bond motifs is 4. The summed E-state index contributed by atoms with van der Waals surface area (Å²) in [5, 5.41) is 0. The Morgan fingerprint density at radius 3 is 2.37 bits per heavy atom. The number of rotatable bonds is 2. The third kappa shape index (κ3) is 2.43. The van der Waals surface area contributed by atoms with Crippen molar-refractivity contribution in [1.82, 2.24) is 0 Å². The van der Waals surface area contributed by atoms with Gasteiger partial charge in [-0.05, 0) is 30.8 Å². The van der Waals surface area contributed by atoms with Crippen molar-refractivity contribution in [3.63, 3.8) is 0 Å². The van der Waals surface area contributed by atoms with Gasteiger partial charge in [0.15, 0.2) is 17.9 Å². The van der Waals surface area contributed by atoms with Crippen LogP contribution in [0.2, 0.25) is 0 Å². The molecule has 4 nitrogen and oxygen atoms in total. The topological polar surface area (TPSA) is 52.6 Å². The molecular weight excluding hydrogens is 340 g/mol. The minimum absolute atomic E-state index is 0.0827. The smallest absolute Gasteiger partial charge is 0.190 e. The zero-order valence-corrected chi connectivity index (χ0v) is 15.7. The highest BCUT2D eigenvalue weighted by Crippen LogP contribution is 2.55. The van der Waals surface area contributed by atoms with E-state index in [1.54, 1.807) is 24.3 Å². The van der Waals surface area contributed by atoms with Crippen LogP contribution in [0.5, 0.6) is 0 Å². The Labute approximate surface area is 159 Å². The molecule has 0 amide bonds. The van der Waals surface area contributed by atoms with Gasteiger partial charge in [-0.25, -0.2) is 0 Å². The number of carbonyl (C=O) groups excluding carboxylic acids is 2. The monoisotopic (exact) mass is 364 g/mol. The van der Waals surface area contributed by atoms with E-state index in [1.165, 1.54) is 12.5 Å². The van der Waals surface area contributed by atoms with Crippen molar-refractivity contribution in [2.45, 2.75) is 33.0 Å². The Morgan fingerprint density at radius 2 is 1.74 bits per heavy atom. The Bertz CT molecular complexity index is 883. The van der Waals surface area contributed by atoms with Crippen LogP contribution in [0.4, 0.5) is 0 Å². The number of carbonyl (C=O) groups is 2. The van der Waals surface area contributed by atoms with Gasteiger partial charge < -0.3 is 9.47 Å². The molecule has 27 heavy (non-hydrogen) atoms. The van der Waals surface area contributed by atoms with Gasteiger partial charge in [-0.1, -0.05) is 50.3 Å². The third-order valence-corrected chi connectivity index (χ3v) is 6.91. The van der Waals surface area contributed by atoms with Gasteiger partial charge in [0.25, 0.3) is 0 Å². The molecule has 2 bridgehead atoms. The minimum Gasteiger partial charge on any atom is -0.351 e. The van der Waals surface area contributed by atoms with Crippen LogP contribution in [0.1, 0.15) is 47.4 Å². The molecule has 1 aliphatic heterocycles. The van der Waals surface area contributed by atoms with Gasteiger partial charge in [0, 0.05) is 27.5 Å². The molecule has 1 heterocycles. The van der Waals surface area contributed by atoms with Crippen molar-refractivity contribution in [2.24, 2.45) is 22.7 Å². The molecule has 4 heteroatoms. The van der Waals surface area contributed by atoms with Crippen LogP contribution in [0.3, 0.4) is 0 Å². The Balaban J connectivity index is 1.39. The molecule has 140 valence electrons. The third-order valence-electron chi connectivity index (χ3n) is 6.91. The minimum atomic E-state index is -0.699. The molecule has 1 saturated carbocycles. The lowest BCUT2D eigenvalue weighted by atomic mass is 9.73. The van der Waals surface area contributed by atoms with E-state index in [4.69, 9.17) is 9.47 Å². The van der Waals surface area contributed by atoms with E-state index in [0.29, 0.717) is 41.7 Å². The summed E-state index contributed by atoms with van der Waals surface area (Å²) in [7, 11) is 0. The summed E-state index contributed by atoms with van der Waals surface area (Å²) >= 11 is 0. The van der Waals surface area contributed by atoms with Crippen LogP contribution in [-0.4, -0.2) is 31.1 Å². The normalized spacial score (nSPS) is 34.9. The largest absolute Gasteiger partial charge is 0.351 e. The van der Waals surface area contributed by atoms with Crippen LogP contribution < -0.4 is 0 Å². The van der Waals surface area contributed by atoms with Crippen LogP contribution in [0.15, 0.2) is 48.1 Å². The summed E-state index contributed by atoms with van der Waals surface area (Å²) in [6, 6.07) is 7.00. The van der Waals surface area contributed by atoms with E-state index in [2.05, 4.69) is 12.2 Å². The predicted molar refractivity (Wildman–Crippen MR) is 100 cm³/mol. The van der Waals surface area contributed by atoms with Crippen LogP contribution in [-0.2, 0) is 9.47 Å². The number of Topliss-reactive ketones (excluding diaryl/α,β-unsaturated/α-hetero) is 1. The van der Waals surface area contributed by atoms with Gasteiger partial charge in [0.1, 0.15) is 0 Å². The van der Waals surface area contributed by atoms with E-state index >= 15 is 0 Å². The van der Waals surface area contributed by atoms with E-state index in [0.717, 1.165) is 6.42 Å². The fourth-order valence-electron chi connectivity index (χ4n) is 5.30.